The Hall–Kier alpha value is -1.64. The molecule has 0 aromatic heterocycles. The summed E-state index contributed by atoms with van der Waals surface area (Å²) in [6.45, 7) is 2.09. The largest absolute Gasteiger partial charge is 0.463 e. The molecule has 0 radical (unpaired) electrons. The normalized spacial score (nSPS) is 10.5. The van der Waals surface area contributed by atoms with E-state index >= 15 is 0 Å². The van der Waals surface area contributed by atoms with Gasteiger partial charge in [0.15, 0.2) is 0 Å². The van der Waals surface area contributed by atoms with Gasteiger partial charge in [-0.2, -0.15) is 0 Å². The Morgan fingerprint density at radius 2 is 2.20 bits per heavy atom. The molecule has 0 bridgehead atoms. The molecule has 0 spiro atoms. The molecule has 15 heavy (non-hydrogen) atoms. The number of carbonyl (C=O) groups excluding carboxylic acids is 1. The summed E-state index contributed by atoms with van der Waals surface area (Å²) >= 11 is 0. The third kappa shape index (κ3) is 3.94. The van der Waals surface area contributed by atoms with E-state index in [0.29, 0.717) is 18.6 Å². The number of carbonyl (C=O) groups is 1. The maximum atomic E-state index is 13.1. The van der Waals surface area contributed by atoms with Gasteiger partial charge in [-0.1, -0.05) is 24.3 Å². The van der Waals surface area contributed by atoms with Crippen LogP contribution in [0, 0.1) is 5.82 Å². The Morgan fingerprint density at radius 3 is 2.87 bits per heavy atom. The highest BCUT2D eigenvalue weighted by Crippen LogP contribution is 2.07. The van der Waals surface area contributed by atoms with Crippen LogP contribution in [0.15, 0.2) is 36.4 Å². The highest BCUT2D eigenvalue weighted by Gasteiger charge is 1.98. The van der Waals surface area contributed by atoms with Gasteiger partial charge in [0.25, 0.3) is 0 Å². The number of rotatable bonds is 4. The highest BCUT2D eigenvalue weighted by atomic mass is 19.1. The smallest absolute Gasteiger partial charge is 0.330 e. The summed E-state index contributed by atoms with van der Waals surface area (Å²) in [5.74, 6) is -0.653. The fraction of sp³-hybridized carbons (Fsp3) is 0.250. The van der Waals surface area contributed by atoms with Crippen molar-refractivity contribution in [2.24, 2.45) is 0 Å². The van der Waals surface area contributed by atoms with E-state index in [1.165, 1.54) is 12.1 Å². The van der Waals surface area contributed by atoms with Crippen LogP contribution in [0.25, 0.3) is 0 Å². The fourth-order valence-corrected chi connectivity index (χ4v) is 1.14. The molecule has 0 amide bonds. The predicted molar refractivity (Wildman–Crippen MR) is 55.9 cm³/mol. The zero-order valence-corrected chi connectivity index (χ0v) is 8.57. The van der Waals surface area contributed by atoms with Crippen molar-refractivity contribution in [1.29, 1.82) is 0 Å². The van der Waals surface area contributed by atoms with E-state index in [4.69, 9.17) is 4.74 Å². The van der Waals surface area contributed by atoms with Crippen LogP contribution in [-0.2, 0) is 16.0 Å². The molecule has 1 aromatic rings. The van der Waals surface area contributed by atoms with E-state index < -0.39 is 5.97 Å². The third-order valence-corrected chi connectivity index (χ3v) is 1.84. The molecule has 0 aliphatic heterocycles. The van der Waals surface area contributed by atoms with Gasteiger partial charge in [-0.3, -0.25) is 0 Å². The summed E-state index contributed by atoms with van der Waals surface area (Å²) in [5.41, 5.74) is 0.568. The van der Waals surface area contributed by atoms with Crippen molar-refractivity contribution in [2.45, 2.75) is 13.3 Å². The van der Waals surface area contributed by atoms with Crippen LogP contribution in [-0.4, -0.2) is 12.6 Å². The lowest BCUT2D eigenvalue weighted by molar-refractivity contribution is -0.137. The minimum absolute atomic E-state index is 0.258. The van der Waals surface area contributed by atoms with Gasteiger partial charge in [0.2, 0.25) is 0 Å². The average molecular weight is 208 g/mol. The van der Waals surface area contributed by atoms with Gasteiger partial charge < -0.3 is 4.74 Å². The zero-order valence-electron chi connectivity index (χ0n) is 8.57. The molecule has 0 saturated carbocycles. The second kappa shape index (κ2) is 5.96. The third-order valence-electron chi connectivity index (χ3n) is 1.84. The standard InChI is InChI=1S/C12H13FO2/c1-2-15-12(14)9-5-7-10-6-3-4-8-11(10)13/h3-6,8-9H,2,7H2,1H3/b9-5+. The average Bonchev–Trinajstić information content (AvgIpc) is 2.21. The Bertz CT molecular complexity index is 358. The molecule has 2 nitrogen and oxygen atoms in total. The first-order chi connectivity index (χ1) is 7.24. The number of benzene rings is 1. The zero-order chi connectivity index (χ0) is 11.1. The van der Waals surface area contributed by atoms with Crippen LogP contribution >= 0.6 is 0 Å². The number of allylic oxidation sites excluding steroid dienone is 1. The van der Waals surface area contributed by atoms with Crippen LogP contribution in [0.5, 0.6) is 0 Å². The molecule has 0 aliphatic carbocycles. The van der Waals surface area contributed by atoms with E-state index in [1.807, 2.05) is 0 Å². The monoisotopic (exact) mass is 208 g/mol. The molecule has 3 heteroatoms. The number of esters is 1. The molecule has 0 N–H and O–H groups in total. The fourth-order valence-electron chi connectivity index (χ4n) is 1.14. The van der Waals surface area contributed by atoms with Crippen LogP contribution in [0.4, 0.5) is 4.39 Å². The van der Waals surface area contributed by atoms with Gasteiger partial charge in [0, 0.05) is 6.08 Å². The lowest BCUT2D eigenvalue weighted by Gasteiger charge is -1.98. The first-order valence-electron chi connectivity index (χ1n) is 4.80. The van der Waals surface area contributed by atoms with E-state index in [9.17, 15) is 9.18 Å². The van der Waals surface area contributed by atoms with Crippen LogP contribution in [0.1, 0.15) is 12.5 Å². The quantitative estimate of drug-likeness (QED) is 0.561. The molecular weight excluding hydrogens is 195 g/mol. The molecule has 80 valence electrons. The van der Waals surface area contributed by atoms with E-state index in [0.717, 1.165) is 0 Å². The van der Waals surface area contributed by atoms with Crippen molar-refractivity contribution in [3.05, 3.63) is 47.8 Å². The second-order valence-electron chi connectivity index (χ2n) is 2.95. The molecule has 0 aliphatic rings. The summed E-state index contributed by atoms with van der Waals surface area (Å²) in [6, 6.07) is 6.48. The molecule has 0 saturated heterocycles. The van der Waals surface area contributed by atoms with Crippen molar-refractivity contribution in [3.8, 4) is 0 Å². The van der Waals surface area contributed by atoms with Gasteiger partial charge in [-0.25, -0.2) is 9.18 Å². The molecule has 1 aromatic carbocycles. The van der Waals surface area contributed by atoms with E-state index in [1.54, 1.807) is 31.2 Å². The highest BCUT2D eigenvalue weighted by molar-refractivity contribution is 5.81. The SMILES string of the molecule is CCOC(=O)/C=C/Cc1ccccc1F. The van der Waals surface area contributed by atoms with Crippen LogP contribution in [0.3, 0.4) is 0 Å². The molecule has 0 unspecified atom stereocenters. The topological polar surface area (TPSA) is 26.3 Å². The molecule has 1 rings (SSSR count). The maximum absolute atomic E-state index is 13.1. The minimum Gasteiger partial charge on any atom is -0.463 e. The number of ether oxygens (including phenoxy) is 1. The first kappa shape index (κ1) is 11.4. The van der Waals surface area contributed by atoms with Gasteiger partial charge in [0.05, 0.1) is 6.61 Å². The van der Waals surface area contributed by atoms with Crippen molar-refractivity contribution < 1.29 is 13.9 Å². The van der Waals surface area contributed by atoms with Crippen molar-refractivity contribution in [1.82, 2.24) is 0 Å². The Balaban J connectivity index is 2.50. The summed E-state index contributed by atoms with van der Waals surface area (Å²) < 4.78 is 17.8. The van der Waals surface area contributed by atoms with Gasteiger partial charge in [-0.05, 0) is 25.0 Å². The molecule has 0 atom stereocenters. The summed E-state index contributed by atoms with van der Waals surface area (Å²) in [6.07, 6.45) is 3.30. The minimum atomic E-state index is -0.395. The van der Waals surface area contributed by atoms with E-state index in [2.05, 4.69) is 0 Å². The van der Waals surface area contributed by atoms with Crippen molar-refractivity contribution in [3.63, 3.8) is 0 Å². The van der Waals surface area contributed by atoms with E-state index in [-0.39, 0.29) is 5.82 Å². The lowest BCUT2D eigenvalue weighted by Crippen LogP contribution is -1.99. The van der Waals surface area contributed by atoms with Crippen molar-refractivity contribution in [2.75, 3.05) is 6.61 Å². The number of hydrogen-bond donors (Lipinski definition) is 0. The Labute approximate surface area is 88.4 Å². The summed E-state index contributed by atoms with van der Waals surface area (Å²) in [5, 5.41) is 0. The predicted octanol–water partition coefficient (Wildman–Crippen LogP) is 2.49. The Morgan fingerprint density at radius 1 is 1.47 bits per heavy atom. The van der Waals surface area contributed by atoms with Gasteiger partial charge in [0.1, 0.15) is 5.82 Å². The second-order valence-corrected chi connectivity index (χ2v) is 2.95. The van der Waals surface area contributed by atoms with Gasteiger partial charge in [-0.15, -0.1) is 0 Å². The molecule has 0 fully saturated rings. The van der Waals surface area contributed by atoms with Crippen molar-refractivity contribution >= 4 is 5.97 Å². The summed E-state index contributed by atoms with van der Waals surface area (Å²) in [7, 11) is 0. The Kier molecular flexibility index (Phi) is 4.54. The van der Waals surface area contributed by atoms with Gasteiger partial charge >= 0.3 is 5.97 Å². The van der Waals surface area contributed by atoms with Crippen LogP contribution in [0.2, 0.25) is 0 Å². The molecule has 0 heterocycles. The molecular formula is C12H13FO2. The van der Waals surface area contributed by atoms with Crippen LogP contribution < -0.4 is 0 Å². The first-order valence-corrected chi connectivity index (χ1v) is 4.80. The lowest BCUT2D eigenvalue weighted by atomic mass is 10.1. The number of halogens is 1. The summed E-state index contributed by atoms with van der Waals surface area (Å²) in [4.78, 5) is 10.9. The maximum Gasteiger partial charge on any atom is 0.330 e. The number of hydrogen-bond acceptors (Lipinski definition) is 2.